The number of nitrogens with one attached hydrogen (secondary N) is 2. The number of methoxy groups -OCH3 is 2. The topological polar surface area (TPSA) is 85.4 Å². The molecule has 0 unspecified atom stereocenters. The lowest BCUT2D eigenvalue weighted by molar-refractivity contribution is -0.111. The van der Waals surface area contributed by atoms with Crippen LogP contribution in [0, 0.1) is 13.8 Å². The molecule has 154 valence electrons. The molecule has 0 saturated carbocycles. The van der Waals surface area contributed by atoms with Crippen molar-refractivity contribution in [1.82, 2.24) is 9.97 Å². The Balaban J connectivity index is 1.62. The van der Waals surface area contributed by atoms with E-state index in [2.05, 4.69) is 20.6 Å². The first-order chi connectivity index (χ1) is 14.5. The number of hydrogen-bond acceptors (Lipinski definition) is 6. The summed E-state index contributed by atoms with van der Waals surface area (Å²) in [5.41, 5.74) is 4.08. The first kappa shape index (κ1) is 20.9. The Kier molecular flexibility index (Phi) is 6.64. The predicted molar refractivity (Wildman–Crippen MR) is 118 cm³/mol. The number of carbonyl (C=O) groups is 1. The van der Waals surface area contributed by atoms with Gasteiger partial charge in [0.15, 0.2) is 0 Å². The van der Waals surface area contributed by atoms with Gasteiger partial charge in [0.2, 0.25) is 11.9 Å². The molecule has 0 radical (unpaired) electrons. The monoisotopic (exact) mass is 404 g/mol. The second-order valence-electron chi connectivity index (χ2n) is 6.61. The van der Waals surface area contributed by atoms with E-state index in [4.69, 9.17) is 9.47 Å². The minimum atomic E-state index is -0.244. The van der Waals surface area contributed by atoms with Crippen molar-refractivity contribution in [2.75, 3.05) is 24.9 Å². The zero-order valence-electron chi connectivity index (χ0n) is 17.4. The van der Waals surface area contributed by atoms with Gasteiger partial charge >= 0.3 is 0 Å². The van der Waals surface area contributed by atoms with Crippen LogP contribution in [0.15, 0.2) is 54.6 Å². The Labute approximate surface area is 175 Å². The Morgan fingerprint density at radius 1 is 0.900 bits per heavy atom. The van der Waals surface area contributed by atoms with Crippen LogP contribution in [0.2, 0.25) is 0 Å². The summed E-state index contributed by atoms with van der Waals surface area (Å²) in [6.45, 7) is 3.85. The van der Waals surface area contributed by atoms with Crippen LogP contribution in [0.4, 0.5) is 17.3 Å². The smallest absolute Gasteiger partial charge is 0.248 e. The molecule has 1 amide bonds. The van der Waals surface area contributed by atoms with E-state index in [0.29, 0.717) is 23.1 Å². The van der Waals surface area contributed by atoms with E-state index in [1.807, 2.05) is 56.3 Å². The van der Waals surface area contributed by atoms with Crippen LogP contribution in [-0.4, -0.2) is 30.1 Å². The van der Waals surface area contributed by atoms with Crippen LogP contribution in [0.3, 0.4) is 0 Å². The number of ether oxygens (including phenoxy) is 2. The number of nitrogens with zero attached hydrogens (tertiary/aromatic N) is 2. The minimum absolute atomic E-state index is 0.244. The van der Waals surface area contributed by atoms with Gasteiger partial charge in [-0.25, -0.2) is 9.97 Å². The van der Waals surface area contributed by atoms with Crippen molar-refractivity contribution in [3.05, 3.63) is 71.6 Å². The Bertz CT molecular complexity index is 1040. The molecule has 3 rings (SSSR count). The van der Waals surface area contributed by atoms with E-state index in [1.165, 1.54) is 6.08 Å². The highest BCUT2D eigenvalue weighted by Gasteiger charge is 2.04. The second-order valence-corrected chi connectivity index (χ2v) is 6.61. The van der Waals surface area contributed by atoms with Crippen molar-refractivity contribution >= 4 is 29.3 Å². The average molecular weight is 404 g/mol. The lowest BCUT2D eigenvalue weighted by Crippen LogP contribution is -2.07. The predicted octanol–water partition coefficient (Wildman–Crippen LogP) is 4.51. The average Bonchev–Trinajstić information content (AvgIpc) is 2.72. The van der Waals surface area contributed by atoms with E-state index >= 15 is 0 Å². The lowest BCUT2D eigenvalue weighted by Gasteiger charge is -2.08. The fourth-order valence-corrected chi connectivity index (χ4v) is 2.85. The maximum Gasteiger partial charge on any atom is 0.248 e. The van der Waals surface area contributed by atoms with Gasteiger partial charge in [0, 0.05) is 40.5 Å². The lowest BCUT2D eigenvalue weighted by atomic mass is 10.1. The molecular weight excluding hydrogens is 380 g/mol. The normalized spacial score (nSPS) is 10.7. The van der Waals surface area contributed by atoms with Crippen LogP contribution in [0.25, 0.3) is 6.08 Å². The van der Waals surface area contributed by atoms with Gasteiger partial charge in [-0.2, -0.15) is 0 Å². The van der Waals surface area contributed by atoms with Crippen LogP contribution < -0.4 is 20.1 Å². The number of carbonyl (C=O) groups excluding carboxylic acids is 1. The molecule has 0 aliphatic heterocycles. The van der Waals surface area contributed by atoms with Crippen molar-refractivity contribution in [1.29, 1.82) is 0 Å². The highest BCUT2D eigenvalue weighted by molar-refractivity contribution is 6.02. The molecule has 0 aliphatic rings. The van der Waals surface area contributed by atoms with Gasteiger partial charge in [-0.05, 0) is 62.4 Å². The largest absolute Gasteiger partial charge is 0.497 e. The number of amides is 1. The van der Waals surface area contributed by atoms with E-state index < -0.39 is 0 Å². The zero-order chi connectivity index (χ0) is 21.5. The number of aromatic nitrogens is 2. The molecule has 1 aromatic heterocycles. The van der Waals surface area contributed by atoms with Crippen molar-refractivity contribution < 1.29 is 14.3 Å². The van der Waals surface area contributed by atoms with Gasteiger partial charge in [-0.3, -0.25) is 4.79 Å². The Hall–Kier alpha value is -3.87. The van der Waals surface area contributed by atoms with E-state index in [0.717, 1.165) is 22.6 Å². The molecule has 1 heterocycles. The molecule has 3 aromatic rings. The second kappa shape index (κ2) is 9.56. The first-order valence-electron chi connectivity index (χ1n) is 9.37. The van der Waals surface area contributed by atoms with Gasteiger partial charge in [0.25, 0.3) is 0 Å². The maximum absolute atomic E-state index is 12.3. The highest BCUT2D eigenvalue weighted by atomic mass is 16.5. The van der Waals surface area contributed by atoms with Crippen molar-refractivity contribution in [2.45, 2.75) is 13.8 Å². The van der Waals surface area contributed by atoms with E-state index in [9.17, 15) is 4.79 Å². The molecule has 0 bridgehead atoms. The number of benzene rings is 2. The van der Waals surface area contributed by atoms with E-state index in [-0.39, 0.29) is 5.91 Å². The maximum atomic E-state index is 12.3. The quantitative estimate of drug-likeness (QED) is 0.564. The van der Waals surface area contributed by atoms with Crippen molar-refractivity contribution in [2.24, 2.45) is 0 Å². The highest BCUT2D eigenvalue weighted by Crippen LogP contribution is 2.25. The molecule has 0 spiro atoms. The number of anilines is 3. The third-order valence-electron chi connectivity index (χ3n) is 4.25. The van der Waals surface area contributed by atoms with Gasteiger partial charge in [0.05, 0.1) is 14.2 Å². The van der Waals surface area contributed by atoms with Gasteiger partial charge < -0.3 is 20.1 Å². The SMILES string of the molecule is COc1ccc(/C=C/C(=O)Nc2ccc(Nc3nc(C)cc(C)n3)cc2)c(OC)c1. The van der Waals surface area contributed by atoms with Crippen LogP contribution in [0.1, 0.15) is 17.0 Å². The third-order valence-corrected chi connectivity index (χ3v) is 4.25. The van der Waals surface area contributed by atoms with Crippen molar-refractivity contribution in [3.63, 3.8) is 0 Å². The molecule has 7 nitrogen and oxygen atoms in total. The van der Waals surface area contributed by atoms with Crippen LogP contribution >= 0.6 is 0 Å². The fourth-order valence-electron chi connectivity index (χ4n) is 2.85. The van der Waals surface area contributed by atoms with Gasteiger partial charge in [-0.1, -0.05) is 0 Å². The third kappa shape index (κ3) is 5.57. The summed E-state index contributed by atoms with van der Waals surface area (Å²) in [4.78, 5) is 21.0. The number of aryl methyl sites for hydroxylation is 2. The molecule has 0 atom stereocenters. The summed E-state index contributed by atoms with van der Waals surface area (Å²) in [7, 11) is 3.17. The summed E-state index contributed by atoms with van der Waals surface area (Å²) < 4.78 is 10.5. The van der Waals surface area contributed by atoms with Crippen molar-refractivity contribution in [3.8, 4) is 11.5 Å². The zero-order valence-corrected chi connectivity index (χ0v) is 17.4. The standard InChI is InChI=1S/C23H24N4O3/c1-15-13-16(2)25-23(24-15)27-19-9-7-18(8-10-19)26-22(28)12-6-17-5-11-20(29-3)14-21(17)30-4/h5-14H,1-4H3,(H,26,28)(H,24,25,27)/b12-6+. The van der Waals surface area contributed by atoms with Crippen LogP contribution in [0.5, 0.6) is 11.5 Å². The minimum Gasteiger partial charge on any atom is -0.497 e. The Morgan fingerprint density at radius 3 is 2.20 bits per heavy atom. The van der Waals surface area contributed by atoms with Crippen LogP contribution in [-0.2, 0) is 4.79 Å². The summed E-state index contributed by atoms with van der Waals surface area (Å²) in [6, 6.07) is 14.7. The number of hydrogen-bond donors (Lipinski definition) is 2. The molecule has 2 aromatic carbocycles. The summed E-state index contributed by atoms with van der Waals surface area (Å²) in [5, 5.41) is 5.99. The first-order valence-corrected chi connectivity index (χ1v) is 9.37. The fraction of sp³-hybridized carbons (Fsp3) is 0.174. The number of rotatable bonds is 7. The Morgan fingerprint density at radius 2 is 1.57 bits per heavy atom. The summed E-state index contributed by atoms with van der Waals surface area (Å²) in [6.07, 6.45) is 3.15. The summed E-state index contributed by atoms with van der Waals surface area (Å²) >= 11 is 0. The summed E-state index contributed by atoms with van der Waals surface area (Å²) in [5.74, 6) is 1.61. The molecule has 0 saturated heterocycles. The molecular formula is C23H24N4O3. The molecule has 0 fully saturated rings. The van der Waals surface area contributed by atoms with Gasteiger partial charge in [0.1, 0.15) is 11.5 Å². The van der Waals surface area contributed by atoms with Gasteiger partial charge in [-0.15, -0.1) is 0 Å². The molecule has 7 heteroatoms. The molecule has 30 heavy (non-hydrogen) atoms. The van der Waals surface area contributed by atoms with E-state index in [1.54, 1.807) is 26.4 Å². The molecule has 0 aliphatic carbocycles. The molecule has 2 N–H and O–H groups in total.